The average Bonchev–Trinajstić information content (AvgIpc) is 2.48. The molecule has 1 aliphatic heterocycles. The molecule has 0 spiro atoms. The number of carbonyl (C=O) groups is 2. The smallest absolute Gasteiger partial charge is 0.408 e. The van der Waals surface area contributed by atoms with Crippen LogP contribution in [0.15, 0.2) is 0 Å². The fourth-order valence-electron chi connectivity index (χ4n) is 1.77. The van der Waals surface area contributed by atoms with E-state index in [0.717, 1.165) is 0 Å². The molecule has 2 atom stereocenters. The third-order valence-corrected chi connectivity index (χ3v) is 3.10. The predicted molar refractivity (Wildman–Crippen MR) is 76.6 cm³/mol. The van der Waals surface area contributed by atoms with E-state index in [1.54, 1.807) is 34.6 Å². The molecule has 1 amide bonds. The van der Waals surface area contributed by atoms with Gasteiger partial charge in [0.1, 0.15) is 5.60 Å². The lowest BCUT2D eigenvalue weighted by Gasteiger charge is -2.25. The van der Waals surface area contributed by atoms with Crippen molar-refractivity contribution in [3.05, 3.63) is 0 Å². The Morgan fingerprint density at radius 3 is 2.50 bits per heavy atom. The van der Waals surface area contributed by atoms with Crippen molar-refractivity contribution in [3.8, 4) is 0 Å². The van der Waals surface area contributed by atoms with Crippen molar-refractivity contribution in [2.75, 3.05) is 12.0 Å². The number of hydrogen-bond donors (Lipinski definition) is 1. The third-order valence-electron chi connectivity index (χ3n) is 2.40. The zero-order valence-electron chi connectivity index (χ0n) is 12.8. The van der Waals surface area contributed by atoms with Crippen molar-refractivity contribution in [2.45, 2.75) is 58.2 Å². The van der Waals surface area contributed by atoms with Gasteiger partial charge in [0, 0.05) is 19.6 Å². The van der Waals surface area contributed by atoms with Gasteiger partial charge in [0.15, 0.2) is 6.10 Å². The quantitative estimate of drug-likeness (QED) is 0.800. The number of rotatable bonds is 4. The molecule has 20 heavy (non-hydrogen) atoms. The Kier molecular flexibility index (Phi) is 5.32. The second-order valence-corrected chi connectivity index (χ2v) is 6.98. The standard InChI is InChI=1S/C13H23NO5S/c1-12(2,3)19-11(16)14-8(7-20-6)9-10(15)18-13(4,5)17-9/h8-9H,7H2,1-6H3,(H,14,16)/t8-,9?/m1/s1. The molecule has 1 rings (SSSR count). The first-order chi connectivity index (χ1) is 9.04. The summed E-state index contributed by atoms with van der Waals surface area (Å²) in [5, 5.41) is 2.68. The van der Waals surface area contributed by atoms with E-state index in [4.69, 9.17) is 14.2 Å². The van der Waals surface area contributed by atoms with E-state index in [1.807, 2.05) is 6.26 Å². The molecule has 6 nitrogen and oxygen atoms in total. The van der Waals surface area contributed by atoms with Gasteiger partial charge < -0.3 is 19.5 Å². The van der Waals surface area contributed by atoms with Gasteiger partial charge in [-0.3, -0.25) is 0 Å². The number of cyclic esters (lactones) is 1. The van der Waals surface area contributed by atoms with Crippen LogP contribution < -0.4 is 5.32 Å². The van der Waals surface area contributed by atoms with Gasteiger partial charge in [-0.1, -0.05) is 0 Å². The highest BCUT2D eigenvalue weighted by atomic mass is 32.2. The fraction of sp³-hybridized carbons (Fsp3) is 0.846. The highest BCUT2D eigenvalue weighted by Gasteiger charge is 2.45. The molecule has 0 aromatic rings. The van der Waals surface area contributed by atoms with E-state index in [1.165, 1.54) is 11.8 Å². The minimum atomic E-state index is -0.964. The summed E-state index contributed by atoms with van der Waals surface area (Å²) in [6, 6.07) is -0.492. The van der Waals surface area contributed by atoms with E-state index in [-0.39, 0.29) is 0 Å². The van der Waals surface area contributed by atoms with Gasteiger partial charge in [0.25, 0.3) is 0 Å². The number of alkyl carbamates (subject to hydrolysis) is 1. The average molecular weight is 305 g/mol. The lowest BCUT2D eigenvalue weighted by Crippen LogP contribution is -2.49. The first-order valence-corrected chi connectivity index (χ1v) is 7.82. The van der Waals surface area contributed by atoms with Crippen LogP contribution in [0.2, 0.25) is 0 Å². The topological polar surface area (TPSA) is 73.9 Å². The van der Waals surface area contributed by atoms with E-state index >= 15 is 0 Å². The van der Waals surface area contributed by atoms with Gasteiger partial charge in [-0.05, 0) is 27.0 Å². The van der Waals surface area contributed by atoms with Crippen LogP contribution in [0.5, 0.6) is 0 Å². The lowest BCUT2D eigenvalue weighted by atomic mass is 10.2. The number of thioether (sulfide) groups is 1. The molecule has 0 aliphatic carbocycles. The molecule has 1 saturated heterocycles. The zero-order valence-corrected chi connectivity index (χ0v) is 13.6. The van der Waals surface area contributed by atoms with Gasteiger partial charge >= 0.3 is 12.1 Å². The van der Waals surface area contributed by atoms with E-state index in [9.17, 15) is 9.59 Å². The van der Waals surface area contributed by atoms with Crippen LogP contribution in [0.25, 0.3) is 0 Å². The third kappa shape index (κ3) is 5.20. The Bertz CT molecular complexity index is 377. The maximum Gasteiger partial charge on any atom is 0.408 e. The molecule has 0 aromatic heterocycles. The SMILES string of the molecule is CSC[C@@H](NC(=O)OC(C)(C)C)C1OC(C)(C)OC1=O. The minimum Gasteiger partial charge on any atom is -0.444 e. The molecule has 1 heterocycles. The number of ether oxygens (including phenoxy) is 3. The first-order valence-electron chi connectivity index (χ1n) is 6.43. The van der Waals surface area contributed by atoms with E-state index in [2.05, 4.69) is 5.32 Å². The minimum absolute atomic E-state index is 0.467. The van der Waals surface area contributed by atoms with Crippen LogP contribution >= 0.6 is 11.8 Å². The Morgan fingerprint density at radius 2 is 2.10 bits per heavy atom. The number of amides is 1. The summed E-state index contributed by atoms with van der Waals surface area (Å²) in [4.78, 5) is 23.6. The zero-order chi connectivity index (χ0) is 15.6. The molecule has 0 radical (unpaired) electrons. The van der Waals surface area contributed by atoms with Crippen molar-refractivity contribution < 1.29 is 23.8 Å². The second-order valence-electron chi connectivity index (χ2n) is 6.07. The largest absolute Gasteiger partial charge is 0.444 e. The van der Waals surface area contributed by atoms with E-state index < -0.39 is 35.6 Å². The molecular formula is C13H23NO5S. The van der Waals surface area contributed by atoms with Gasteiger partial charge in [0.2, 0.25) is 5.79 Å². The summed E-state index contributed by atoms with van der Waals surface area (Å²) in [5.74, 6) is -0.909. The Morgan fingerprint density at radius 1 is 1.50 bits per heavy atom. The second kappa shape index (κ2) is 6.22. The summed E-state index contributed by atoms with van der Waals surface area (Å²) in [7, 11) is 0. The summed E-state index contributed by atoms with van der Waals surface area (Å²) in [6.45, 7) is 8.65. The number of hydrogen-bond acceptors (Lipinski definition) is 6. The van der Waals surface area contributed by atoms with E-state index in [0.29, 0.717) is 5.75 Å². The molecule has 0 bridgehead atoms. The van der Waals surface area contributed by atoms with Gasteiger partial charge in [-0.15, -0.1) is 0 Å². The van der Waals surface area contributed by atoms with Crippen LogP contribution in [0, 0.1) is 0 Å². The molecule has 1 fully saturated rings. The summed E-state index contributed by atoms with van der Waals surface area (Å²) in [6.07, 6.45) is 0.498. The van der Waals surface area contributed by atoms with Crippen molar-refractivity contribution in [1.82, 2.24) is 5.32 Å². The maximum absolute atomic E-state index is 11.8. The Hall–Kier alpha value is -0.950. The maximum atomic E-state index is 11.8. The summed E-state index contributed by atoms with van der Waals surface area (Å²) >= 11 is 1.50. The monoisotopic (exact) mass is 305 g/mol. The fourth-order valence-corrected chi connectivity index (χ4v) is 2.39. The van der Waals surface area contributed by atoms with Crippen LogP contribution in [-0.2, 0) is 19.0 Å². The normalized spacial score (nSPS) is 23.1. The van der Waals surface area contributed by atoms with Crippen molar-refractivity contribution in [3.63, 3.8) is 0 Å². The van der Waals surface area contributed by atoms with Crippen molar-refractivity contribution >= 4 is 23.8 Å². The molecule has 1 aliphatic rings. The molecule has 0 saturated carbocycles. The Balaban J connectivity index is 2.70. The molecule has 116 valence electrons. The van der Waals surface area contributed by atoms with Gasteiger partial charge in [-0.25, -0.2) is 9.59 Å². The van der Waals surface area contributed by atoms with Crippen LogP contribution in [-0.4, -0.2) is 47.6 Å². The van der Waals surface area contributed by atoms with Crippen LogP contribution in [0.3, 0.4) is 0 Å². The molecule has 0 aromatic carbocycles. The molecule has 7 heteroatoms. The summed E-state index contributed by atoms with van der Waals surface area (Å²) < 4.78 is 15.9. The van der Waals surface area contributed by atoms with Crippen molar-refractivity contribution in [1.29, 1.82) is 0 Å². The Labute approximate surface area is 123 Å². The number of esters is 1. The van der Waals surface area contributed by atoms with Gasteiger partial charge in [0.05, 0.1) is 6.04 Å². The van der Waals surface area contributed by atoms with Crippen molar-refractivity contribution in [2.24, 2.45) is 0 Å². The highest BCUT2D eigenvalue weighted by molar-refractivity contribution is 7.98. The van der Waals surface area contributed by atoms with Crippen LogP contribution in [0.1, 0.15) is 34.6 Å². The number of carbonyl (C=O) groups excluding carboxylic acids is 2. The molecule has 1 N–H and O–H groups in total. The highest BCUT2D eigenvalue weighted by Crippen LogP contribution is 2.26. The predicted octanol–water partition coefficient (Wildman–Crippen LogP) is 1.92. The molecular weight excluding hydrogens is 282 g/mol. The first kappa shape index (κ1) is 17.1. The summed E-state index contributed by atoms with van der Waals surface area (Å²) in [5.41, 5.74) is -0.593. The van der Waals surface area contributed by atoms with Gasteiger partial charge in [-0.2, -0.15) is 11.8 Å². The number of nitrogens with one attached hydrogen (secondary N) is 1. The molecule has 1 unspecified atom stereocenters. The van der Waals surface area contributed by atoms with Crippen LogP contribution in [0.4, 0.5) is 4.79 Å². The lowest BCUT2D eigenvalue weighted by molar-refractivity contribution is -0.161.